The molecule has 0 saturated heterocycles. The molecule has 0 saturated carbocycles. The maximum atomic E-state index is 11.1. The molecule has 17 heavy (non-hydrogen) atoms. The monoisotopic (exact) mass is 228 g/mol. The van der Waals surface area contributed by atoms with E-state index in [0.29, 0.717) is 17.1 Å². The number of aromatic hydroxyl groups is 1. The maximum absolute atomic E-state index is 11.1. The number of phenols is 1. The van der Waals surface area contributed by atoms with Crippen LogP contribution in [0.5, 0.6) is 17.2 Å². The number of hydrogen-bond donors (Lipinski definition) is 1. The molecule has 3 nitrogen and oxygen atoms in total. The number of ether oxygens (including phenoxy) is 1. The number of benzene rings is 2. The second-order valence-electron chi connectivity index (χ2n) is 3.65. The Kier molecular flexibility index (Phi) is 3.10. The highest BCUT2D eigenvalue weighted by molar-refractivity contribution is 5.94. The van der Waals surface area contributed by atoms with Crippen molar-refractivity contribution in [1.29, 1.82) is 0 Å². The van der Waals surface area contributed by atoms with Crippen molar-refractivity contribution in [3.05, 3.63) is 54.1 Å². The Morgan fingerprint density at radius 2 is 1.71 bits per heavy atom. The fourth-order valence-corrected chi connectivity index (χ4v) is 1.43. The first-order chi connectivity index (χ1) is 8.16. The summed E-state index contributed by atoms with van der Waals surface area (Å²) in [6.07, 6.45) is 0. The third-order valence-corrected chi connectivity index (χ3v) is 2.35. The molecule has 0 unspecified atom stereocenters. The van der Waals surface area contributed by atoms with Crippen LogP contribution in [-0.2, 0) is 0 Å². The molecule has 0 amide bonds. The van der Waals surface area contributed by atoms with E-state index in [1.54, 1.807) is 48.5 Å². The number of para-hydroxylation sites is 2. The second kappa shape index (κ2) is 4.70. The lowest BCUT2D eigenvalue weighted by molar-refractivity contribution is 0.101. The number of hydrogen-bond acceptors (Lipinski definition) is 3. The van der Waals surface area contributed by atoms with E-state index < -0.39 is 0 Å². The Morgan fingerprint density at radius 1 is 1.06 bits per heavy atom. The molecule has 0 aliphatic carbocycles. The molecule has 0 fully saturated rings. The SMILES string of the molecule is CC(=O)c1ccc(Oc2ccccc2O)cc1. The van der Waals surface area contributed by atoms with Crippen molar-refractivity contribution in [2.24, 2.45) is 0 Å². The molecule has 2 aromatic rings. The Morgan fingerprint density at radius 3 is 2.29 bits per heavy atom. The van der Waals surface area contributed by atoms with Gasteiger partial charge in [-0.1, -0.05) is 12.1 Å². The van der Waals surface area contributed by atoms with Crippen molar-refractivity contribution < 1.29 is 14.6 Å². The number of phenolic OH excluding ortho intramolecular Hbond substituents is 1. The normalized spacial score (nSPS) is 9.94. The number of ketones is 1. The van der Waals surface area contributed by atoms with E-state index in [1.807, 2.05) is 0 Å². The van der Waals surface area contributed by atoms with Crippen molar-refractivity contribution in [3.8, 4) is 17.2 Å². The Labute approximate surface area is 99.3 Å². The molecule has 0 aliphatic heterocycles. The molecule has 1 N–H and O–H groups in total. The highest BCUT2D eigenvalue weighted by atomic mass is 16.5. The Hall–Kier alpha value is -2.29. The van der Waals surface area contributed by atoms with Crippen molar-refractivity contribution in [2.45, 2.75) is 6.92 Å². The fraction of sp³-hybridized carbons (Fsp3) is 0.0714. The first-order valence-electron chi connectivity index (χ1n) is 5.23. The average Bonchev–Trinajstić information content (AvgIpc) is 2.33. The summed E-state index contributed by atoms with van der Waals surface area (Å²) in [6, 6.07) is 13.5. The highest BCUT2D eigenvalue weighted by Gasteiger charge is 2.03. The molecule has 0 aromatic heterocycles. The van der Waals surface area contributed by atoms with E-state index in [-0.39, 0.29) is 11.5 Å². The molecule has 0 aliphatic rings. The minimum atomic E-state index is 0.0131. The van der Waals surface area contributed by atoms with Crippen LogP contribution in [-0.4, -0.2) is 10.9 Å². The molecule has 0 atom stereocenters. The van der Waals surface area contributed by atoms with Gasteiger partial charge in [-0.05, 0) is 43.3 Å². The number of Topliss-reactive ketones (excluding diaryl/α,β-unsaturated/α-hetero) is 1. The van der Waals surface area contributed by atoms with Crippen LogP contribution < -0.4 is 4.74 Å². The van der Waals surface area contributed by atoms with Crippen molar-refractivity contribution in [2.75, 3.05) is 0 Å². The summed E-state index contributed by atoms with van der Waals surface area (Å²) in [6.45, 7) is 1.51. The molecule has 0 heterocycles. The minimum Gasteiger partial charge on any atom is -0.504 e. The summed E-state index contributed by atoms with van der Waals surface area (Å²) in [4.78, 5) is 11.1. The van der Waals surface area contributed by atoms with Gasteiger partial charge in [0.15, 0.2) is 17.3 Å². The summed E-state index contributed by atoms with van der Waals surface area (Å²) in [7, 11) is 0. The second-order valence-corrected chi connectivity index (χ2v) is 3.65. The lowest BCUT2D eigenvalue weighted by atomic mass is 10.1. The number of rotatable bonds is 3. The third-order valence-electron chi connectivity index (χ3n) is 2.35. The number of carbonyl (C=O) groups excluding carboxylic acids is 1. The van der Waals surface area contributed by atoms with E-state index in [2.05, 4.69) is 0 Å². The quantitative estimate of drug-likeness (QED) is 0.819. The smallest absolute Gasteiger partial charge is 0.169 e. The molecule has 0 radical (unpaired) electrons. The predicted molar refractivity (Wildman–Crippen MR) is 64.6 cm³/mol. The van der Waals surface area contributed by atoms with E-state index in [9.17, 15) is 9.90 Å². The zero-order valence-corrected chi connectivity index (χ0v) is 9.38. The van der Waals surface area contributed by atoms with E-state index in [0.717, 1.165) is 0 Å². The summed E-state index contributed by atoms with van der Waals surface area (Å²) < 4.78 is 5.48. The Bertz CT molecular complexity index is 529. The van der Waals surface area contributed by atoms with Crippen LogP contribution in [0.2, 0.25) is 0 Å². The average molecular weight is 228 g/mol. The standard InChI is InChI=1S/C14H12O3/c1-10(15)11-6-8-12(9-7-11)17-14-5-3-2-4-13(14)16/h2-9,16H,1H3. The lowest BCUT2D eigenvalue weighted by Gasteiger charge is -2.07. The van der Waals surface area contributed by atoms with Gasteiger partial charge in [0, 0.05) is 5.56 Å². The van der Waals surface area contributed by atoms with Gasteiger partial charge in [-0.25, -0.2) is 0 Å². The molecular formula is C14H12O3. The molecule has 3 heteroatoms. The molecule has 0 bridgehead atoms. The van der Waals surface area contributed by atoms with Gasteiger partial charge in [0.2, 0.25) is 0 Å². The van der Waals surface area contributed by atoms with Crippen LogP contribution >= 0.6 is 0 Å². The largest absolute Gasteiger partial charge is 0.504 e. The van der Waals surface area contributed by atoms with Gasteiger partial charge in [-0.2, -0.15) is 0 Å². The number of carbonyl (C=O) groups is 1. The first kappa shape index (κ1) is 11.2. The van der Waals surface area contributed by atoms with Gasteiger partial charge in [0.1, 0.15) is 5.75 Å². The van der Waals surface area contributed by atoms with E-state index in [4.69, 9.17) is 4.74 Å². The van der Waals surface area contributed by atoms with Crippen molar-refractivity contribution >= 4 is 5.78 Å². The van der Waals surface area contributed by atoms with Crippen molar-refractivity contribution in [1.82, 2.24) is 0 Å². The van der Waals surface area contributed by atoms with E-state index >= 15 is 0 Å². The van der Waals surface area contributed by atoms with Crippen LogP contribution in [0.15, 0.2) is 48.5 Å². The topological polar surface area (TPSA) is 46.5 Å². The van der Waals surface area contributed by atoms with Crippen LogP contribution in [0.25, 0.3) is 0 Å². The fourth-order valence-electron chi connectivity index (χ4n) is 1.43. The van der Waals surface area contributed by atoms with Crippen LogP contribution in [0, 0.1) is 0 Å². The zero-order chi connectivity index (χ0) is 12.3. The Balaban J connectivity index is 2.20. The van der Waals surface area contributed by atoms with Gasteiger partial charge in [0.05, 0.1) is 0 Å². The van der Waals surface area contributed by atoms with Gasteiger partial charge in [-0.3, -0.25) is 4.79 Å². The van der Waals surface area contributed by atoms with Gasteiger partial charge in [0.25, 0.3) is 0 Å². The summed E-state index contributed by atoms with van der Waals surface area (Å²) in [5, 5.41) is 9.54. The van der Waals surface area contributed by atoms with E-state index in [1.165, 1.54) is 6.92 Å². The molecule has 86 valence electrons. The highest BCUT2D eigenvalue weighted by Crippen LogP contribution is 2.29. The van der Waals surface area contributed by atoms with Crippen LogP contribution in [0.4, 0.5) is 0 Å². The van der Waals surface area contributed by atoms with Gasteiger partial charge in [-0.15, -0.1) is 0 Å². The predicted octanol–water partition coefficient (Wildman–Crippen LogP) is 3.39. The minimum absolute atomic E-state index is 0.0131. The summed E-state index contributed by atoms with van der Waals surface area (Å²) in [5.41, 5.74) is 0.634. The summed E-state index contributed by atoms with van der Waals surface area (Å²) in [5.74, 6) is 1.07. The summed E-state index contributed by atoms with van der Waals surface area (Å²) >= 11 is 0. The first-order valence-corrected chi connectivity index (χ1v) is 5.23. The van der Waals surface area contributed by atoms with Gasteiger partial charge >= 0.3 is 0 Å². The maximum Gasteiger partial charge on any atom is 0.169 e. The van der Waals surface area contributed by atoms with Crippen molar-refractivity contribution in [3.63, 3.8) is 0 Å². The molecule has 2 rings (SSSR count). The lowest BCUT2D eigenvalue weighted by Crippen LogP contribution is -1.91. The van der Waals surface area contributed by atoms with Gasteiger partial charge < -0.3 is 9.84 Å². The molecular weight excluding hydrogens is 216 g/mol. The van der Waals surface area contributed by atoms with Crippen LogP contribution in [0.1, 0.15) is 17.3 Å². The molecule has 2 aromatic carbocycles. The molecule has 0 spiro atoms. The zero-order valence-electron chi connectivity index (χ0n) is 9.38. The van der Waals surface area contributed by atoms with Crippen LogP contribution in [0.3, 0.4) is 0 Å². The third kappa shape index (κ3) is 2.64.